The SMILES string of the molecule is CC(C)c1nc(S(=O)(=O)N2CCC(N3CC(CF)CC3=O)CC2)cn1C. The van der Waals surface area contributed by atoms with Gasteiger partial charge in [-0.1, -0.05) is 13.8 Å². The number of likely N-dealkylation sites (tertiary alicyclic amines) is 1. The van der Waals surface area contributed by atoms with Crippen molar-refractivity contribution in [2.45, 2.75) is 50.1 Å². The molecular weight excluding hydrogens is 359 g/mol. The Morgan fingerprint density at radius 2 is 1.96 bits per heavy atom. The highest BCUT2D eigenvalue weighted by molar-refractivity contribution is 7.89. The zero-order valence-electron chi connectivity index (χ0n) is 15.6. The molecule has 1 amide bonds. The molecule has 0 aromatic carbocycles. The minimum absolute atomic E-state index is 0.000424. The Morgan fingerprint density at radius 3 is 2.46 bits per heavy atom. The molecule has 2 saturated heterocycles. The monoisotopic (exact) mass is 386 g/mol. The first-order valence-corrected chi connectivity index (χ1v) is 10.6. The van der Waals surface area contributed by atoms with Gasteiger partial charge in [-0.2, -0.15) is 4.31 Å². The fraction of sp³-hybridized carbons (Fsp3) is 0.765. The van der Waals surface area contributed by atoms with Crippen molar-refractivity contribution in [1.82, 2.24) is 18.8 Å². The Labute approximate surface area is 154 Å². The van der Waals surface area contributed by atoms with E-state index in [2.05, 4.69) is 4.98 Å². The van der Waals surface area contributed by atoms with Crippen molar-refractivity contribution < 1.29 is 17.6 Å². The number of hydrogen-bond acceptors (Lipinski definition) is 4. The number of piperidine rings is 1. The highest BCUT2D eigenvalue weighted by Gasteiger charge is 2.38. The molecule has 2 aliphatic heterocycles. The summed E-state index contributed by atoms with van der Waals surface area (Å²) in [4.78, 5) is 18.1. The lowest BCUT2D eigenvalue weighted by Gasteiger charge is -2.35. The van der Waals surface area contributed by atoms with Crippen molar-refractivity contribution in [3.05, 3.63) is 12.0 Å². The Balaban J connectivity index is 1.67. The molecule has 146 valence electrons. The highest BCUT2D eigenvalue weighted by atomic mass is 32.2. The summed E-state index contributed by atoms with van der Waals surface area (Å²) in [5.41, 5.74) is 0. The molecule has 1 atom stereocenters. The summed E-state index contributed by atoms with van der Waals surface area (Å²) in [7, 11) is -1.84. The summed E-state index contributed by atoms with van der Waals surface area (Å²) in [6.45, 7) is 4.62. The number of sulfonamides is 1. The Hall–Kier alpha value is -1.48. The topological polar surface area (TPSA) is 75.5 Å². The fourth-order valence-corrected chi connectivity index (χ4v) is 5.36. The van der Waals surface area contributed by atoms with Gasteiger partial charge < -0.3 is 9.47 Å². The van der Waals surface area contributed by atoms with Gasteiger partial charge in [0.1, 0.15) is 5.82 Å². The maximum Gasteiger partial charge on any atom is 0.262 e. The molecule has 26 heavy (non-hydrogen) atoms. The van der Waals surface area contributed by atoms with Crippen LogP contribution < -0.4 is 0 Å². The van der Waals surface area contributed by atoms with Crippen molar-refractivity contribution in [2.75, 3.05) is 26.3 Å². The molecule has 0 bridgehead atoms. The molecule has 2 aliphatic rings. The van der Waals surface area contributed by atoms with Crippen molar-refractivity contribution in [3.63, 3.8) is 0 Å². The number of nitrogens with zero attached hydrogens (tertiary/aromatic N) is 4. The van der Waals surface area contributed by atoms with Gasteiger partial charge in [0.05, 0.1) is 6.67 Å². The van der Waals surface area contributed by atoms with E-state index in [1.807, 2.05) is 13.8 Å². The van der Waals surface area contributed by atoms with E-state index in [9.17, 15) is 17.6 Å². The van der Waals surface area contributed by atoms with Gasteiger partial charge in [0.2, 0.25) is 5.91 Å². The van der Waals surface area contributed by atoms with Crippen LogP contribution in [0.15, 0.2) is 11.2 Å². The summed E-state index contributed by atoms with van der Waals surface area (Å²) < 4.78 is 41.8. The van der Waals surface area contributed by atoms with E-state index in [1.54, 1.807) is 22.7 Å². The normalized spacial score (nSPS) is 23.3. The van der Waals surface area contributed by atoms with Crippen LogP contribution >= 0.6 is 0 Å². The number of hydrogen-bond donors (Lipinski definition) is 0. The first kappa shape index (κ1) is 19.3. The highest BCUT2D eigenvalue weighted by Crippen LogP contribution is 2.28. The van der Waals surface area contributed by atoms with Crippen LogP contribution in [0.4, 0.5) is 4.39 Å². The summed E-state index contributed by atoms with van der Waals surface area (Å²) in [5, 5.41) is 0.0805. The van der Waals surface area contributed by atoms with Gasteiger partial charge in [0.25, 0.3) is 10.0 Å². The van der Waals surface area contributed by atoms with Crippen molar-refractivity contribution >= 4 is 15.9 Å². The average Bonchev–Trinajstić information content (AvgIpc) is 3.18. The summed E-state index contributed by atoms with van der Waals surface area (Å²) >= 11 is 0. The van der Waals surface area contributed by atoms with Gasteiger partial charge in [0, 0.05) is 57.2 Å². The Kier molecular flexibility index (Phi) is 5.39. The van der Waals surface area contributed by atoms with E-state index in [4.69, 9.17) is 0 Å². The molecule has 3 rings (SSSR count). The third-order valence-electron chi connectivity index (χ3n) is 5.33. The van der Waals surface area contributed by atoms with Crippen molar-refractivity contribution in [1.29, 1.82) is 0 Å². The largest absolute Gasteiger partial charge is 0.339 e. The van der Waals surface area contributed by atoms with Gasteiger partial charge in [0.15, 0.2) is 5.03 Å². The Bertz CT molecular complexity index is 769. The molecule has 1 aromatic rings. The number of carbonyl (C=O) groups is 1. The molecule has 2 fully saturated rings. The van der Waals surface area contributed by atoms with Crippen LogP contribution in [0.25, 0.3) is 0 Å². The van der Waals surface area contributed by atoms with Crippen LogP contribution in [0, 0.1) is 5.92 Å². The van der Waals surface area contributed by atoms with Crippen LogP contribution in [0.2, 0.25) is 0 Å². The van der Waals surface area contributed by atoms with Gasteiger partial charge in [-0.05, 0) is 12.8 Å². The predicted molar refractivity (Wildman–Crippen MR) is 94.9 cm³/mol. The Morgan fingerprint density at radius 1 is 1.31 bits per heavy atom. The summed E-state index contributed by atoms with van der Waals surface area (Å²) in [5.74, 6) is 0.644. The molecular formula is C17H27FN4O3S. The standard InChI is InChI=1S/C17H27FN4O3S/c1-12(2)17-19-15(11-20(17)3)26(24,25)21-6-4-14(5-7-21)22-10-13(9-18)8-16(22)23/h11-14H,4-10H2,1-3H3. The zero-order valence-corrected chi connectivity index (χ0v) is 16.4. The van der Waals surface area contributed by atoms with Gasteiger partial charge in [-0.3, -0.25) is 9.18 Å². The average molecular weight is 386 g/mol. The number of imidazole rings is 1. The quantitative estimate of drug-likeness (QED) is 0.769. The minimum atomic E-state index is -3.64. The van der Waals surface area contributed by atoms with Crippen LogP contribution in [0.5, 0.6) is 0 Å². The van der Waals surface area contributed by atoms with Crippen molar-refractivity contribution in [3.8, 4) is 0 Å². The number of alkyl halides is 1. The number of aromatic nitrogens is 2. The third-order valence-corrected chi connectivity index (χ3v) is 7.10. The maximum absolute atomic E-state index is 12.9. The van der Waals surface area contributed by atoms with Crippen LogP contribution in [-0.2, 0) is 21.9 Å². The number of halogens is 1. The van der Waals surface area contributed by atoms with Gasteiger partial charge in [-0.15, -0.1) is 0 Å². The number of aryl methyl sites for hydroxylation is 1. The lowest BCUT2D eigenvalue weighted by molar-refractivity contribution is -0.130. The number of amides is 1. The van der Waals surface area contributed by atoms with E-state index in [1.165, 1.54) is 4.31 Å². The zero-order chi connectivity index (χ0) is 19.1. The molecule has 9 heteroatoms. The molecule has 0 N–H and O–H groups in total. The van der Waals surface area contributed by atoms with E-state index < -0.39 is 16.7 Å². The molecule has 0 aliphatic carbocycles. The van der Waals surface area contributed by atoms with E-state index >= 15 is 0 Å². The summed E-state index contributed by atoms with van der Waals surface area (Å²) in [6.07, 6.45) is 2.98. The first-order chi connectivity index (χ1) is 12.2. The van der Waals surface area contributed by atoms with Gasteiger partial charge >= 0.3 is 0 Å². The lowest BCUT2D eigenvalue weighted by Crippen LogP contribution is -2.47. The molecule has 7 nitrogen and oxygen atoms in total. The third kappa shape index (κ3) is 3.51. The van der Waals surface area contributed by atoms with E-state index in [-0.39, 0.29) is 35.2 Å². The van der Waals surface area contributed by atoms with Crippen LogP contribution in [0.1, 0.15) is 44.9 Å². The molecule has 1 unspecified atom stereocenters. The van der Waals surface area contributed by atoms with E-state index in [0.717, 1.165) is 5.82 Å². The molecule has 3 heterocycles. The summed E-state index contributed by atoms with van der Waals surface area (Å²) in [6, 6.07) is 0.000424. The second-order valence-electron chi connectivity index (χ2n) is 7.61. The molecule has 1 aromatic heterocycles. The number of carbonyl (C=O) groups excluding carboxylic acids is 1. The molecule has 0 saturated carbocycles. The number of rotatable bonds is 5. The fourth-order valence-electron chi connectivity index (χ4n) is 3.90. The lowest BCUT2D eigenvalue weighted by atomic mass is 10.1. The van der Waals surface area contributed by atoms with E-state index in [0.29, 0.717) is 32.5 Å². The molecule has 0 spiro atoms. The second-order valence-corrected chi connectivity index (χ2v) is 9.49. The first-order valence-electron chi connectivity index (χ1n) is 9.12. The molecule has 0 radical (unpaired) electrons. The smallest absolute Gasteiger partial charge is 0.262 e. The van der Waals surface area contributed by atoms with Gasteiger partial charge in [-0.25, -0.2) is 13.4 Å². The minimum Gasteiger partial charge on any atom is -0.339 e. The van der Waals surface area contributed by atoms with Crippen LogP contribution in [-0.4, -0.2) is 65.4 Å². The van der Waals surface area contributed by atoms with Crippen molar-refractivity contribution in [2.24, 2.45) is 13.0 Å². The predicted octanol–water partition coefficient (Wildman–Crippen LogP) is 1.51. The second kappa shape index (κ2) is 7.26. The maximum atomic E-state index is 12.9. The van der Waals surface area contributed by atoms with Crippen LogP contribution in [0.3, 0.4) is 0 Å².